The number of rotatable bonds is 5. The maximum Gasteiger partial charge on any atom is 0.237 e. The lowest BCUT2D eigenvalue weighted by Gasteiger charge is -2.35. The maximum atomic E-state index is 12.4. The Morgan fingerprint density at radius 2 is 1.92 bits per heavy atom. The molecular weight excluding hydrogens is 314 g/mol. The van der Waals surface area contributed by atoms with Crippen LogP contribution in [0.25, 0.3) is 0 Å². The third-order valence-electron chi connectivity index (χ3n) is 5.09. The topological polar surface area (TPSA) is 53.6 Å². The molecule has 3 rings (SSSR count). The van der Waals surface area contributed by atoms with E-state index in [1.165, 1.54) is 17.5 Å². The lowest BCUT2D eigenvalue weighted by atomic mass is 10.0. The van der Waals surface area contributed by atoms with Gasteiger partial charge in [-0.2, -0.15) is 0 Å². The van der Waals surface area contributed by atoms with Crippen LogP contribution in [0.4, 0.5) is 0 Å². The lowest BCUT2D eigenvalue weighted by molar-refractivity contribution is -0.123. The van der Waals surface area contributed by atoms with Crippen molar-refractivity contribution in [3.8, 4) is 0 Å². The second-order valence-corrected chi connectivity index (χ2v) is 7.44. The monoisotopic (exact) mass is 345 g/mol. The van der Waals surface area contributed by atoms with Gasteiger partial charge in [-0.15, -0.1) is 0 Å². The predicted molar refractivity (Wildman–Crippen MR) is 99.2 cm³/mol. The molecule has 0 unspecified atom stereocenters. The number of carbonyl (C=O) groups is 1. The van der Waals surface area contributed by atoms with Crippen molar-refractivity contribution in [2.24, 2.45) is 0 Å². The number of nitrogens with one attached hydrogen (secondary N) is 2. The van der Waals surface area contributed by atoms with E-state index in [1.54, 1.807) is 0 Å². The molecule has 25 heavy (non-hydrogen) atoms. The first-order valence-electron chi connectivity index (χ1n) is 9.57. The van der Waals surface area contributed by atoms with Gasteiger partial charge in [-0.1, -0.05) is 30.7 Å². The van der Waals surface area contributed by atoms with Gasteiger partial charge in [0.25, 0.3) is 0 Å². The maximum absolute atomic E-state index is 12.4. The molecule has 1 aromatic rings. The quantitative estimate of drug-likeness (QED) is 0.858. The van der Waals surface area contributed by atoms with Gasteiger partial charge in [0.15, 0.2) is 0 Å². The number of hydrogen-bond donors (Lipinski definition) is 2. The van der Waals surface area contributed by atoms with E-state index < -0.39 is 0 Å². The molecule has 1 amide bonds. The van der Waals surface area contributed by atoms with Gasteiger partial charge in [-0.25, -0.2) is 0 Å². The minimum Gasteiger partial charge on any atom is -0.373 e. The van der Waals surface area contributed by atoms with Crippen LogP contribution in [-0.2, 0) is 22.6 Å². The van der Waals surface area contributed by atoms with Gasteiger partial charge in [0.2, 0.25) is 5.91 Å². The van der Waals surface area contributed by atoms with Gasteiger partial charge in [0.1, 0.15) is 0 Å². The van der Waals surface area contributed by atoms with Gasteiger partial charge < -0.3 is 15.4 Å². The van der Waals surface area contributed by atoms with Crippen LogP contribution < -0.4 is 10.6 Å². The van der Waals surface area contributed by atoms with Gasteiger partial charge >= 0.3 is 0 Å². The average Bonchev–Trinajstić information content (AvgIpc) is 2.60. The first kappa shape index (κ1) is 18.4. The van der Waals surface area contributed by atoms with Gasteiger partial charge in [-0.3, -0.25) is 9.69 Å². The molecule has 0 bridgehead atoms. The Balaban J connectivity index is 1.57. The first-order chi connectivity index (χ1) is 12.1. The minimum atomic E-state index is -0.0261. The Morgan fingerprint density at radius 1 is 1.20 bits per heavy atom. The van der Waals surface area contributed by atoms with Crippen LogP contribution in [0, 0.1) is 0 Å². The number of benzene rings is 1. The molecule has 138 valence electrons. The molecule has 2 fully saturated rings. The molecule has 0 aliphatic carbocycles. The summed E-state index contributed by atoms with van der Waals surface area (Å²) in [4.78, 5) is 14.8. The van der Waals surface area contributed by atoms with Crippen molar-refractivity contribution in [3.63, 3.8) is 0 Å². The third-order valence-corrected chi connectivity index (χ3v) is 5.09. The highest BCUT2D eigenvalue weighted by Crippen LogP contribution is 2.17. The van der Waals surface area contributed by atoms with E-state index in [2.05, 4.69) is 53.6 Å². The van der Waals surface area contributed by atoms with Crippen LogP contribution in [-0.4, -0.2) is 48.7 Å². The zero-order valence-electron chi connectivity index (χ0n) is 15.5. The molecule has 2 aliphatic rings. The van der Waals surface area contributed by atoms with Crippen LogP contribution in [0.3, 0.4) is 0 Å². The highest BCUT2D eigenvalue weighted by atomic mass is 16.5. The SMILES string of the molecule is C[C@@H]1CN(Cc2ccccc2CNC(=O)[C@@H]2CCCCN2)C[C@H](C)O1. The zero-order chi connectivity index (χ0) is 17.6. The van der Waals surface area contributed by atoms with Crippen molar-refractivity contribution in [2.45, 2.75) is 64.4 Å². The fourth-order valence-corrected chi connectivity index (χ4v) is 3.92. The number of morpholine rings is 1. The number of hydrogen-bond acceptors (Lipinski definition) is 4. The van der Waals surface area contributed by atoms with E-state index in [9.17, 15) is 4.79 Å². The second-order valence-electron chi connectivity index (χ2n) is 7.44. The molecule has 1 aromatic carbocycles. The van der Waals surface area contributed by atoms with Gasteiger partial charge in [0.05, 0.1) is 18.2 Å². The van der Waals surface area contributed by atoms with Crippen molar-refractivity contribution in [2.75, 3.05) is 19.6 Å². The Bertz CT molecular complexity index is 562. The average molecular weight is 345 g/mol. The largest absolute Gasteiger partial charge is 0.373 e. The number of piperidine rings is 1. The molecule has 0 aromatic heterocycles. The Kier molecular flexibility index (Phi) is 6.45. The molecule has 2 aliphatic heterocycles. The highest BCUT2D eigenvalue weighted by Gasteiger charge is 2.23. The van der Waals surface area contributed by atoms with Crippen LogP contribution in [0.1, 0.15) is 44.2 Å². The predicted octanol–water partition coefficient (Wildman–Crippen LogP) is 2.05. The minimum absolute atomic E-state index is 0.0261. The van der Waals surface area contributed by atoms with Crippen molar-refractivity contribution in [1.82, 2.24) is 15.5 Å². The molecule has 5 nitrogen and oxygen atoms in total. The van der Waals surface area contributed by atoms with Gasteiger partial charge in [-0.05, 0) is 44.4 Å². The smallest absolute Gasteiger partial charge is 0.237 e. The van der Waals surface area contributed by atoms with Crippen molar-refractivity contribution < 1.29 is 9.53 Å². The summed E-state index contributed by atoms with van der Waals surface area (Å²) >= 11 is 0. The summed E-state index contributed by atoms with van der Waals surface area (Å²) in [5, 5.41) is 6.43. The van der Waals surface area contributed by atoms with E-state index >= 15 is 0 Å². The summed E-state index contributed by atoms with van der Waals surface area (Å²) in [6, 6.07) is 8.40. The summed E-state index contributed by atoms with van der Waals surface area (Å²) in [7, 11) is 0. The molecule has 2 N–H and O–H groups in total. The van der Waals surface area contributed by atoms with Crippen molar-refractivity contribution in [3.05, 3.63) is 35.4 Å². The van der Waals surface area contributed by atoms with Crippen molar-refractivity contribution >= 4 is 5.91 Å². The fourth-order valence-electron chi connectivity index (χ4n) is 3.92. The molecular formula is C20H31N3O2. The van der Waals surface area contributed by atoms with E-state index in [1.807, 2.05) is 0 Å². The van der Waals surface area contributed by atoms with Crippen LogP contribution in [0.2, 0.25) is 0 Å². The number of carbonyl (C=O) groups excluding carboxylic acids is 1. The standard InChI is InChI=1S/C20H31N3O2/c1-15-12-23(13-16(2)25-15)14-18-8-4-3-7-17(18)11-22-20(24)19-9-5-6-10-21-19/h3-4,7-8,15-16,19,21H,5-6,9-14H2,1-2H3,(H,22,24)/t15-,16+,19-/m0/s1. The normalized spacial score (nSPS) is 27.8. The third kappa shape index (κ3) is 5.27. The number of ether oxygens (including phenoxy) is 1. The Morgan fingerprint density at radius 3 is 2.60 bits per heavy atom. The van der Waals surface area contributed by atoms with E-state index in [-0.39, 0.29) is 24.2 Å². The molecule has 0 radical (unpaired) electrons. The molecule has 5 heteroatoms. The van der Waals surface area contributed by atoms with Crippen LogP contribution in [0.5, 0.6) is 0 Å². The molecule has 3 atom stereocenters. The zero-order valence-corrected chi connectivity index (χ0v) is 15.5. The summed E-state index contributed by atoms with van der Waals surface area (Å²) in [5.41, 5.74) is 2.50. The van der Waals surface area contributed by atoms with Gasteiger partial charge in [0, 0.05) is 26.2 Å². The molecule has 0 saturated carbocycles. The molecule has 2 saturated heterocycles. The lowest BCUT2D eigenvalue weighted by Crippen LogP contribution is -2.46. The molecule has 0 spiro atoms. The Hall–Kier alpha value is -1.43. The van der Waals surface area contributed by atoms with E-state index in [0.717, 1.165) is 39.0 Å². The summed E-state index contributed by atoms with van der Waals surface area (Å²) in [6.45, 7) is 8.63. The summed E-state index contributed by atoms with van der Waals surface area (Å²) in [5.74, 6) is 0.128. The fraction of sp³-hybridized carbons (Fsp3) is 0.650. The first-order valence-corrected chi connectivity index (χ1v) is 9.57. The molecule has 2 heterocycles. The van der Waals surface area contributed by atoms with E-state index in [4.69, 9.17) is 4.74 Å². The van der Waals surface area contributed by atoms with Crippen LogP contribution >= 0.6 is 0 Å². The van der Waals surface area contributed by atoms with Crippen molar-refractivity contribution in [1.29, 1.82) is 0 Å². The number of amides is 1. The summed E-state index contributed by atoms with van der Waals surface area (Å²) in [6.07, 6.45) is 3.79. The second kappa shape index (κ2) is 8.79. The Labute approximate surface area is 151 Å². The highest BCUT2D eigenvalue weighted by molar-refractivity contribution is 5.81. The van der Waals surface area contributed by atoms with Crippen LogP contribution in [0.15, 0.2) is 24.3 Å². The number of nitrogens with zero attached hydrogens (tertiary/aromatic N) is 1. The summed E-state index contributed by atoms with van der Waals surface area (Å²) < 4.78 is 5.82. The van der Waals surface area contributed by atoms with E-state index in [0.29, 0.717) is 6.54 Å².